The zero-order chi connectivity index (χ0) is 24.0. The summed E-state index contributed by atoms with van der Waals surface area (Å²) in [5.74, 6) is -0.0903. The Morgan fingerprint density at radius 1 is 1.21 bits per heavy atom. The van der Waals surface area contributed by atoms with Crippen molar-refractivity contribution in [1.29, 1.82) is 0 Å². The summed E-state index contributed by atoms with van der Waals surface area (Å²) in [5, 5.41) is 13.8. The minimum absolute atomic E-state index is 0.0677. The first-order chi connectivity index (χ1) is 16.2. The lowest BCUT2D eigenvalue weighted by Crippen LogP contribution is -2.41. The number of nitrogens with two attached hydrogens (primary N) is 1. The summed E-state index contributed by atoms with van der Waals surface area (Å²) in [6.07, 6.45) is -0.816. The summed E-state index contributed by atoms with van der Waals surface area (Å²) in [5.41, 5.74) is 4.05. The van der Waals surface area contributed by atoms with Crippen LogP contribution in [0.3, 0.4) is 0 Å². The van der Waals surface area contributed by atoms with Crippen LogP contribution in [0.25, 0.3) is 10.9 Å². The van der Waals surface area contributed by atoms with Crippen LogP contribution < -0.4 is 10.6 Å². The fourth-order valence-electron chi connectivity index (χ4n) is 5.23. The molecule has 9 nitrogen and oxygen atoms in total. The second kappa shape index (κ2) is 8.23. The van der Waals surface area contributed by atoms with Gasteiger partial charge in [-0.3, -0.25) is 9.69 Å². The van der Waals surface area contributed by atoms with Gasteiger partial charge in [0, 0.05) is 24.5 Å². The third kappa shape index (κ3) is 4.25. The molecule has 1 unspecified atom stereocenters. The van der Waals surface area contributed by atoms with E-state index in [9.17, 15) is 19.1 Å². The molecule has 3 atom stereocenters. The number of halogens is 2. The van der Waals surface area contributed by atoms with Gasteiger partial charge in [-0.05, 0) is 55.0 Å². The number of nitrogens with zero attached hydrogens (tertiary/aromatic N) is 4. The highest BCUT2D eigenvalue weighted by atomic mass is 19.1. The molecule has 1 aliphatic heterocycles. The largest absolute Gasteiger partial charge is 0.465 e. The SMILES string of the molecule is NC(=O)c1cc(CN(CC2(F)C[C@H]3CN(c4ccc5cc(F)ccc5n4)C[C@H]3C2)C(=O)O)on1. The number of hydrogen-bond donors (Lipinski definition) is 2. The number of aromatic nitrogens is 2. The second-order valence-electron chi connectivity index (χ2n) is 9.17. The van der Waals surface area contributed by atoms with Gasteiger partial charge in [-0.25, -0.2) is 18.6 Å². The lowest BCUT2D eigenvalue weighted by Gasteiger charge is -2.29. The van der Waals surface area contributed by atoms with Gasteiger partial charge in [0.15, 0.2) is 11.5 Å². The van der Waals surface area contributed by atoms with Gasteiger partial charge in [-0.1, -0.05) is 5.16 Å². The van der Waals surface area contributed by atoms with Gasteiger partial charge in [0.25, 0.3) is 5.91 Å². The van der Waals surface area contributed by atoms with E-state index in [2.05, 4.69) is 15.0 Å². The standard InChI is InChI=1S/C23H23F2N5O4/c24-16-2-3-18-13(5-16)1-4-20(27-18)29-9-14-7-23(25,8-15(14)10-29)12-30(22(32)33)11-17-6-19(21(26)31)28-34-17/h1-6,14-15H,7-12H2,(H2,26,31)(H,32,33)/t14-,15+,23?. The number of carbonyl (C=O) groups excluding carboxylic acids is 1. The van der Waals surface area contributed by atoms with Gasteiger partial charge in [0.1, 0.15) is 17.3 Å². The van der Waals surface area contributed by atoms with Crippen LogP contribution in [0.2, 0.25) is 0 Å². The van der Waals surface area contributed by atoms with Crippen LogP contribution in [0.1, 0.15) is 29.1 Å². The molecule has 0 bridgehead atoms. The van der Waals surface area contributed by atoms with Gasteiger partial charge < -0.3 is 20.3 Å². The van der Waals surface area contributed by atoms with Crippen LogP contribution in [0.4, 0.5) is 19.4 Å². The van der Waals surface area contributed by atoms with E-state index < -0.39 is 17.7 Å². The Morgan fingerprint density at radius 3 is 2.59 bits per heavy atom. The van der Waals surface area contributed by atoms with Gasteiger partial charge in [0.2, 0.25) is 0 Å². The third-order valence-electron chi connectivity index (χ3n) is 6.70. The summed E-state index contributed by atoms with van der Waals surface area (Å²) < 4.78 is 34.1. The predicted octanol–water partition coefficient (Wildman–Crippen LogP) is 3.20. The first kappa shape index (κ1) is 22.1. The molecule has 2 aromatic heterocycles. The number of hydrogen-bond acceptors (Lipinski definition) is 6. The van der Waals surface area contributed by atoms with E-state index in [0.29, 0.717) is 18.6 Å². The van der Waals surface area contributed by atoms with Crippen molar-refractivity contribution < 1.29 is 28.0 Å². The van der Waals surface area contributed by atoms with Crippen molar-refractivity contribution in [3.8, 4) is 0 Å². The Labute approximate surface area is 193 Å². The average molecular weight is 471 g/mol. The van der Waals surface area contributed by atoms with E-state index in [1.54, 1.807) is 6.07 Å². The molecular formula is C23H23F2N5O4. The number of carbonyl (C=O) groups is 2. The molecule has 0 spiro atoms. The van der Waals surface area contributed by atoms with Crippen molar-refractivity contribution in [2.24, 2.45) is 17.6 Å². The van der Waals surface area contributed by atoms with Crippen LogP contribution in [-0.2, 0) is 6.54 Å². The normalized spacial score (nSPS) is 23.9. The Hall–Kier alpha value is -3.76. The number of alkyl halides is 1. The Kier molecular flexibility index (Phi) is 5.34. The topological polar surface area (TPSA) is 126 Å². The van der Waals surface area contributed by atoms with Crippen molar-refractivity contribution in [3.05, 3.63) is 53.7 Å². The maximum absolute atomic E-state index is 15.8. The molecule has 1 saturated carbocycles. The second-order valence-corrected chi connectivity index (χ2v) is 9.17. The maximum atomic E-state index is 15.8. The van der Waals surface area contributed by atoms with Crippen molar-refractivity contribution in [3.63, 3.8) is 0 Å². The minimum atomic E-state index is -1.67. The Balaban J connectivity index is 1.24. The van der Waals surface area contributed by atoms with E-state index >= 15 is 4.39 Å². The number of fused-ring (bicyclic) bond motifs is 2. The summed E-state index contributed by atoms with van der Waals surface area (Å²) >= 11 is 0. The van der Waals surface area contributed by atoms with Crippen LogP contribution >= 0.6 is 0 Å². The van der Waals surface area contributed by atoms with E-state index in [1.165, 1.54) is 18.2 Å². The van der Waals surface area contributed by atoms with Crippen molar-refractivity contribution in [2.75, 3.05) is 24.5 Å². The highest BCUT2D eigenvalue weighted by molar-refractivity contribution is 5.90. The zero-order valence-electron chi connectivity index (χ0n) is 18.2. The number of rotatable bonds is 6. The first-order valence-corrected chi connectivity index (χ1v) is 10.9. The Bertz CT molecular complexity index is 1250. The fraction of sp³-hybridized carbons (Fsp3) is 0.391. The van der Waals surface area contributed by atoms with Gasteiger partial charge in [-0.15, -0.1) is 0 Å². The van der Waals surface area contributed by atoms with E-state index in [1.807, 2.05) is 12.1 Å². The lowest BCUT2D eigenvalue weighted by atomic mass is 10.0. The van der Waals surface area contributed by atoms with Crippen LogP contribution in [0, 0.1) is 17.7 Å². The van der Waals surface area contributed by atoms with E-state index in [0.717, 1.165) is 16.1 Å². The quantitative estimate of drug-likeness (QED) is 0.565. The molecule has 1 aromatic carbocycles. The molecule has 2 aliphatic rings. The molecule has 3 aromatic rings. The summed E-state index contributed by atoms with van der Waals surface area (Å²) in [6.45, 7) is 0.701. The predicted molar refractivity (Wildman–Crippen MR) is 117 cm³/mol. The third-order valence-corrected chi connectivity index (χ3v) is 6.70. The summed E-state index contributed by atoms with van der Waals surface area (Å²) in [6, 6.07) is 9.37. The molecule has 2 amide bonds. The molecule has 11 heteroatoms. The lowest BCUT2D eigenvalue weighted by molar-refractivity contribution is 0.0736. The number of primary amides is 1. The maximum Gasteiger partial charge on any atom is 0.407 e. The Morgan fingerprint density at radius 2 is 1.94 bits per heavy atom. The fourth-order valence-corrected chi connectivity index (χ4v) is 5.23. The van der Waals surface area contributed by atoms with Crippen LogP contribution in [0.5, 0.6) is 0 Å². The molecule has 1 aliphatic carbocycles. The smallest absolute Gasteiger partial charge is 0.407 e. The van der Waals surface area contributed by atoms with Gasteiger partial charge >= 0.3 is 6.09 Å². The molecule has 34 heavy (non-hydrogen) atoms. The highest BCUT2D eigenvalue weighted by Crippen LogP contribution is 2.47. The number of anilines is 1. The molecule has 2 fully saturated rings. The summed E-state index contributed by atoms with van der Waals surface area (Å²) in [4.78, 5) is 30.6. The molecule has 3 heterocycles. The van der Waals surface area contributed by atoms with Crippen LogP contribution in [0.15, 0.2) is 40.9 Å². The number of amides is 2. The highest BCUT2D eigenvalue weighted by Gasteiger charge is 2.51. The van der Waals surface area contributed by atoms with Crippen molar-refractivity contribution in [1.82, 2.24) is 15.0 Å². The van der Waals surface area contributed by atoms with Gasteiger partial charge in [0.05, 0.1) is 18.6 Å². The molecule has 5 rings (SSSR count). The zero-order valence-corrected chi connectivity index (χ0v) is 18.2. The monoisotopic (exact) mass is 471 g/mol. The average Bonchev–Trinajstić information content (AvgIpc) is 3.46. The number of pyridine rings is 1. The number of carboxylic acid groups (broad SMARTS) is 1. The summed E-state index contributed by atoms with van der Waals surface area (Å²) in [7, 11) is 0. The molecule has 178 valence electrons. The molecule has 0 radical (unpaired) electrons. The molecular weight excluding hydrogens is 448 g/mol. The van der Waals surface area contributed by atoms with Crippen LogP contribution in [-0.4, -0.2) is 57.5 Å². The molecule has 3 N–H and O–H groups in total. The first-order valence-electron chi connectivity index (χ1n) is 10.9. The minimum Gasteiger partial charge on any atom is -0.465 e. The van der Waals surface area contributed by atoms with Crippen molar-refractivity contribution in [2.45, 2.75) is 25.1 Å². The van der Waals surface area contributed by atoms with Gasteiger partial charge in [-0.2, -0.15) is 0 Å². The molecule has 1 saturated heterocycles. The van der Waals surface area contributed by atoms with E-state index in [4.69, 9.17) is 10.3 Å². The van der Waals surface area contributed by atoms with E-state index in [-0.39, 0.29) is 55.0 Å². The van der Waals surface area contributed by atoms with Crippen molar-refractivity contribution >= 4 is 28.7 Å². The number of benzene rings is 1.